The fourth-order valence-electron chi connectivity index (χ4n) is 3.15. The highest BCUT2D eigenvalue weighted by Crippen LogP contribution is 2.33. The van der Waals surface area contributed by atoms with Crippen molar-refractivity contribution in [2.24, 2.45) is 0 Å². The standard InChI is InChI=1S/C19H19ClF3N3O2S/c1-4-26-16-11-12(19(21,22)23)5-10-15(16)24-17(26)18(2,3)25-29(27,28)14-8-6-13(20)7-9-14/h5-11,25H,4H2,1-3H3. The Morgan fingerprint density at radius 2 is 1.72 bits per heavy atom. The number of nitrogens with zero attached hydrogens (tertiary/aromatic N) is 2. The third kappa shape index (κ3) is 4.26. The van der Waals surface area contributed by atoms with Gasteiger partial charge < -0.3 is 4.57 Å². The zero-order valence-electron chi connectivity index (χ0n) is 15.9. The molecule has 3 aromatic rings. The number of aromatic nitrogens is 2. The summed E-state index contributed by atoms with van der Waals surface area (Å²) in [5.41, 5.74) is -1.33. The topological polar surface area (TPSA) is 64.0 Å². The molecule has 0 saturated heterocycles. The van der Waals surface area contributed by atoms with Crippen molar-refractivity contribution in [3.8, 4) is 0 Å². The Morgan fingerprint density at radius 3 is 2.28 bits per heavy atom. The van der Waals surface area contributed by atoms with E-state index in [1.165, 1.54) is 30.3 Å². The maximum atomic E-state index is 13.1. The number of nitrogens with one attached hydrogen (secondary N) is 1. The first kappa shape index (κ1) is 21.6. The molecule has 10 heteroatoms. The molecule has 0 aliphatic heterocycles. The van der Waals surface area contributed by atoms with E-state index in [1.54, 1.807) is 25.3 Å². The third-order valence-corrected chi connectivity index (χ3v) is 6.39. The van der Waals surface area contributed by atoms with Crippen LogP contribution in [-0.2, 0) is 28.3 Å². The molecule has 0 unspecified atom stereocenters. The molecule has 156 valence electrons. The lowest BCUT2D eigenvalue weighted by Gasteiger charge is -2.26. The minimum Gasteiger partial charge on any atom is -0.327 e. The number of imidazole rings is 1. The molecule has 3 rings (SSSR count). The first-order chi connectivity index (χ1) is 13.3. The summed E-state index contributed by atoms with van der Waals surface area (Å²) in [6.45, 7) is 5.30. The molecule has 0 bridgehead atoms. The summed E-state index contributed by atoms with van der Waals surface area (Å²) in [6, 6.07) is 8.95. The maximum absolute atomic E-state index is 13.1. The van der Waals surface area contributed by atoms with E-state index in [0.29, 0.717) is 22.9 Å². The van der Waals surface area contributed by atoms with Crippen molar-refractivity contribution in [2.45, 2.75) is 43.9 Å². The number of rotatable bonds is 5. The van der Waals surface area contributed by atoms with Crippen LogP contribution in [0, 0.1) is 0 Å². The second-order valence-electron chi connectivity index (χ2n) is 7.07. The van der Waals surface area contributed by atoms with Crippen LogP contribution in [0.3, 0.4) is 0 Å². The lowest BCUT2D eigenvalue weighted by molar-refractivity contribution is -0.137. The van der Waals surface area contributed by atoms with Crippen molar-refractivity contribution in [1.82, 2.24) is 14.3 Å². The molecular formula is C19H19ClF3N3O2S. The van der Waals surface area contributed by atoms with Gasteiger partial charge in [-0.1, -0.05) is 11.6 Å². The van der Waals surface area contributed by atoms with Gasteiger partial charge in [0.05, 0.1) is 27.0 Å². The maximum Gasteiger partial charge on any atom is 0.416 e. The summed E-state index contributed by atoms with van der Waals surface area (Å²) >= 11 is 5.81. The van der Waals surface area contributed by atoms with Crippen molar-refractivity contribution in [3.63, 3.8) is 0 Å². The van der Waals surface area contributed by atoms with Crippen LogP contribution in [0.25, 0.3) is 11.0 Å². The summed E-state index contributed by atoms with van der Waals surface area (Å²) in [5.74, 6) is 0.312. The van der Waals surface area contributed by atoms with Gasteiger partial charge in [-0.25, -0.2) is 13.4 Å². The molecule has 1 N–H and O–H groups in total. The second-order valence-corrected chi connectivity index (χ2v) is 9.18. The van der Waals surface area contributed by atoms with E-state index in [4.69, 9.17) is 11.6 Å². The molecule has 0 radical (unpaired) electrons. The van der Waals surface area contributed by atoms with Gasteiger partial charge in [-0.3, -0.25) is 0 Å². The average molecular weight is 446 g/mol. The van der Waals surface area contributed by atoms with Crippen molar-refractivity contribution in [3.05, 3.63) is 58.9 Å². The van der Waals surface area contributed by atoms with Gasteiger partial charge >= 0.3 is 6.18 Å². The minimum atomic E-state index is -4.48. The number of sulfonamides is 1. The van der Waals surface area contributed by atoms with Gasteiger partial charge in [-0.15, -0.1) is 0 Å². The Kier molecular flexibility index (Phi) is 5.44. The van der Waals surface area contributed by atoms with E-state index >= 15 is 0 Å². The molecule has 0 spiro atoms. The molecule has 0 atom stereocenters. The molecule has 0 fully saturated rings. The Balaban J connectivity index is 2.07. The van der Waals surface area contributed by atoms with Gasteiger partial charge in [-0.2, -0.15) is 17.9 Å². The normalized spacial score (nSPS) is 13.2. The highest BCUT2D eigenvalue weighted by atomic mass is 35.5. The smallest absolute Gasteiger partial charge is 0.327 e. The molecule has 29 heavy (non-hydrogen) atoms. The molecule has 5 nitrogen and oxygen atoms in total. The van der Waals surface area contributed by atoms with E-state index in [2.05, 4.69) is 9.71 Å². The first-order valence-corrected chi connectivity index (χ1v) is 10.6. The van der Waals surface area contributed by atoms with E-state index in [0.717, 1.165) is 12.1 Å². The SMILES string of the molecule is CCn1c(C(C)(C)NS(=O)(=O)c2ccc(Cl)cc2)nc2ccc(C(F)(F)F)cc21. The number of fused-ring (bicyclic) bond motifs is 1. The quantitative estimate of drug-likeness (QED) is 0.604. The number of benzene rings is 2. The molecule has 0 amide bonds. The number of hydrogen-bond acceptors (Lipinski definition) is 3. The zero-order chi connectivity index (χ0) is 21.6. The molecular weight excluding hydrogens is 427 g/mol. The highest BCUT2D eigenvalue weighted by molar-refractivity contribution is 7.89. The molecule has 1 heterocycles. The van der Waals surface area contributed by atoms with Crippen LogP contribution in [0.1, 0.15) is 32.2 Å². The molecule has 1 aromatic heterocycles. The lowest BCUT2D eigenvalue weighted by atomic mass is 10.1. The summed E-state index contributed by atoms with van der Waals surface area (Å²) in [6.07, 6.45) is -4.48. The monoisotopic (exact) mass is 445 g/mol. The molecule has 2 aromatic carbocycles. The van der Waals surface area contributed by atoms with Gasteiger partial charge in [0.15, 0.2) is 0 Å². The van der Waals surface area contributed by atoms with Gasteiger partial charge in [0.25, 0.3) is 0 Å². The lowest BCUT2D eigenvalue weighted by Crippen LogP contribution is -2.42. The Hall–Kier alpha value is -2.10. The van der Waals surface area contributed by atoms with Crippen LogP contribution in [0.4, 0.5) is 13.2 Å². The van der Waals surface area contributed by atoms with E-state index in [1.807, 2.05) is 0 Å². The first-order valence-electron chi connectivity index (χ1n) is 8.72. The second kappa shape index (κ2) is 7.30. The number of aryl methyl sites for hydroxylation is 1. The van der Waals surface area contributed by atoms with Crippen LogP contribution in [0.15, 0.2) is 47.4 Å². The van der Waals surface area contributed by atoms with Crippen molar-refractivity contribution in [2.75, 3.05) is 0 Å². The van der Waals surface area contributed by atoms with Crippen molar-refractivity contribution in [1.29, 1.82) is 0 Å². The van der Waals surface area contributed by atoms with E-state index in [-0.39, 0.29) is 10.4 Å². The van der Waals surface area contributed by atoms with Gasteiger partial charge in [-0.05, 0) is 63.2 Å². The fraction of sp³-hybridized carbons (Fsp3) is 0.316. The van der Waals surface area contributed by atoms with Crippen LogP contribution >= 0.6 is 11.6 Å². The van der Waals surface area contributed by atoms with Crippen molar-refractivity contribution < 1.29 is 21.6 Å². The van der Waals surface area contributed by atoms with Crippen LogP contribution in [0.5, 0.6) is 0 Å². The predicted molar refractivity (Wildman–Crippen MR) is 105 cm³/mol. The average Bonchev–Trinajstić information content (AvgIpc) is 2.99. The summed E-state index contributed by atoms with van der Waals surface area (Å²) in [7, 11) is -3.92. The Morgan fingerprint density at radius 1 is 1.10 bits per heavy atom. The fourth-order valence-corrected chi connectivity index (χ4v) is 4.65. The molecule has 0 saturated carbocycles. The zero-order valence-corrected chi connectivity index (χ0v) is 17.5. The molecule has 0 aliphatic carbocycles. The molecule has 0 aliphatic rings. The number of alkyl halides is 3. The largest absolute Gasteiger partial charge is 0.416 e. The summed E-state index contributed by atoms with van der Waals surface area (Å²) in [5, 5.41) is 0.399. The Bertz CT molecular complexity index is 1150. The van der Waals surface area contributed by atoms with E-state index in [9.17, 15) is 21.6 Å². The number of hydrogen-bond donors (Lipinski definition) is 1. The predicted octanol–water partition coefficient (Wildman–Crippen LogP) is 4.94. The van der Waals surface area contributed by atoms with Crippen molar-refractivity contribution >= 4 is 32.7 Å². The summed E-state index contributed by atoms with van der Waals surface area (Å²) < 4.78 is 69.1. The third-order valence-electron chi connectivity index (χ3n) is 4.46. The Labute approximate surface area is 171 Å². The van der Waals surface area contributed by atoms with E-state index < -0.39 is 27.3 Å². The van der Waals surface area contributed by atoms with Crippen LogP contribution in [0.2, 0.25) is 5.02 Å². The summed E-state index contributed by atoms with van der Waals surface area (Å²) in [4.78, 5) is 4.44. The highest BCUT2D eigenvalue weighted by Gasteiger charge is 2.34. The minimum absolute atomic E-state index is 0.0218. The van der Waals surface area contributed by atoms with Gasteiger partial charge in [0.1, 0.15) is 5.82 Å². The van der Waals surface area contributed by atoms with Crippen LogP contribution in [-0.4, -0.2) is 18.0 Å². The van der Waals surface area contributed by atoms with Gasteiger partial charge in [0, 0.05) is 11.6 Å². The van der Waals surface area contributed by atoms with Crippen LogP contribution < -0.4 is 4.72 Å². The van der Waals surface area contributed by atoms with Gasteiger partial charge in [0.2, 0.25) is 10.0 Å². The number of halogens is 4.